The molecule has 0 aromatic rings. The van der Waals surface area contributed by atoms with Gasteiger partial charge in [0.05, 0.1) is 12.7 Å². The second kappa shape index (κ2) is 3.67. The first kappa shape index (κ1) is 9.19. The van der Waals surface area contributed by atoms with Crippen molar-refractivity contribution in [1.29, 1.82) is 0 Å². The molecule has 1 unspecified atom stereocenters. The highest BCUT2D eigenvalue weighted by Crippen LogP contribution is 2.22. The van der Waals surface area contributed by atoms with Gasteiger partial charge in [0, 0.05) is 14.2 Å². The van der Waals surface area contributed by atoms with Crippen molar-refractivity contribution in [3.8, 4) is 0 Å². The summed E-state index contributed by atoms with van der Waals surface area (Å²) in [5, 5.41) is 0. The summed E-state index contributed by atoms with van der Waals surface area (Å²) in [6.07, 6.45) is 1.58. The molecule has 4 heteroatoms. The first-order valence-corrected chi connectivity index (χ1v) is 6.44. The van der Waals surface area contributed by atoms with Gasteiger partial charge in [0.15, 0.2) is 0 Å². The molecule has 0 spiro atoms. The van der Waals surface area contributed by atoms with E-state index in [2.05, 4.69) is 6.55 Å². The molecular formula is C7H16O3Si. The standard InChI is InChI=1S/C7H16O3Si/c1-8-11(3,9-2)5-4-7-6-10-7/h7H,4-6H2,1-3H3. The van der Waals surface area contributed by atoms with Crippen molar-refractivity contribution >= 4 is 8.56 Å². The van der Waals surface area contributed by atoms with Crippen molar-refractivity contribution < 1.29 is 13.6 Å². The van der Waals surface area contributed by atoms with Crippen LogP contribution in [-0.4, -0.2) is 35.5 Å². The van der Waals surface area contributed by atoms with Crippen molar-refractivity contribution in [3.05, 3.63) is 0 Å². The molecule has 0 saturated carbocycles. The average Bonchev–Trinajstić information content (AvgIpc) is 2.83. The summed E-state index contributed by atoms with van der Waals surface area (Å²) in [6.45, 7) is 3.01. The van der Waals surface area contributed by atoms with Crippen molar-refractivity contribution in [2.75, 3.05) is 20.8 Å². The Morgan fingerprint density at radius 2 is 2.00 bits per heavy atom. The third-order valence-corrected chi connectivity index (χ3v) is 5.11. The summed E-state index contributed by atoms with van der Waals surface area (Å²) in [7, 11) is 1.65. The van der Waals surface area contributed by atoms with E-state index in [1.807, 2.05) is 0 Å². The third-order valence-electron chi connectivity index (χ3n) is 2.19. The largest absolute Gasteiger partial charge is 0.398 e. The van der Waals surface area contributed by atoms with Crippen LogP contribution in [0, 0.1) is 0 Å². The molecule has 1 saturated heterocycles. The zero-order chi connectivity index (χ0) is 8.32. The van der Waals surface area contributed by atoms with E-state index in [-0.39, 0.29) is 0 Å². The van der Waals surface area contributed by atoms with Gasteiger partial charge < -0.3 is 13.6 Å². The first-order chi connectivity index (χ1) is 5.20. The molecule has 11 heavy (non-hydrogen) atoms. The Hall–Kier alpha value is 0.0969. The lowest BCUT2D eigenvalue weighted by molar-refractivity contribution is 0.246. The van der Waals surface area contributed by atoms with E-state index in [0.29, 0.717) is 6.10 Å². The molecule has 0 N–H and O–H groups in total. The molecule has 66 valence electrons. The molecule has 0 bridgehead atoms. The highest BCUT2D eigenvalue weighted by Gasteiger charge is 2.32. The fraction of sp³-hybridized carbons (Fsp3) is 1.00. The van der Waals surface area contributed by atoms with E-state index in [0.717, 1.165) is 19.1 Å². The maximum Gasteiger partial charge on any atom is 0.334 e. The van der Waals surface area contributed by atoms with Crippen LogP contribution in [0.25, 0.3) is 0 Å². The van der Waals surface area contributed by atoms with E-state index in [1.54, 1.807) is 14.2 Å². The number of epoxide rings is 1. The minimum absolute atomic E-state index is 0.493. The second-order valence-corrected chi connectivity index (χ2v) is 6.62. The molecule has 0 aromatic heterocycles. The Bertz CT molecular complexity index is 121. The monoisotopic (exact) mass is 176 g/mol. The van der Waals surface area contributed by atoms with E-state index < -0.39 is 8.56 Å². The van der Waals surface area contributed by atoms with Crippen molar-refractivity contribution in [2.24, 2.45) is 0 Å². The van der Waals surface area contributed by atoms with Crippen LogP contribution in [0.1, 0.15) is 6.42 Å². The fourth-order valence-electron chi connectivity index (χ4n) is 0.945. The quantitative estimate of drug-likeness (QED) is 0.465. The first-order valence-electron chi connectivity index (χ1n) is 3.92. The summed E-state index contributed by atoms with van der Waals surface area (Å²) in [5.41, 5.74) is 0. The Morgan fingerprint density at radius 1 is 1.45 bits per heavy atom. The van der Waals surface area contributed by atoms with Crippen LogP contribution in [0.5, 0.6) is 0 Å². The Labute approximate surface area is 68.9 Å². The van der Waals surface area contributed by atoms with Crippen LogP contribution < -0.4 is 0 Å². The highest BCUT2D eigenvalue weighted by atomic mass is 28.4. The average molecular weight is 176 g/mol. The summed E-state index contributed by atoms with van der Waals surface area (Å²) >= 11 is 0. The summed E-state index contributed by atoms with van der Waals surface area (Å²) in [4.78, 5) is 0. The molecule has 0 amide bonds. The SMILES string of the molecule is CO[Si](C)(CCC1CO1)OC. The lowest BCUT2D eigenvalue weighted by Crippen LogP contribution is -2.36. The zero-order valence-corrected chi connectivity index (χ0v) is 8.42. The summed E-state index contributed by atoms with van der Waals surface area (Å²) in [5.74, 6) is 0. The topological polar surface area (TPSA) is 31.0 Å². The molecule has 1 rings (SSSR count). The Morgan fingerprint density at radius 3 is 2.36 bits per heavy atom. The molecule has 1 atom stereocenters. The number of ether oxygens (including phenoxy) is 1. The smallest absolute Gasteiger partial charge is 0.334 e. The van der Waals surface area contributed by atoms with Crippen LogP contribution in [0.15, 0.2) is 0 Å². The van der Waals surface area contributed by atoms with Crippen LogP contribution in [0.3, 0.4) is 0 Å². The van der Waals surface area contributed by atoms with E-state index in [4.69, 9.17) is 13.6 Å². The molecule has 1 heterocycles. The lowest BCUT2D eigenvalue weighted by atomic mass is 10.4. The van der Waals surface area contributed by atoms with Crippen LogP contribution in [0.2, 0.25) is 12.6 Å². The minimum atomic E-state index is -1.80. The van der Waals surface area contributed by atoms with Crippen LogP contribution in [-0.2, 0) is 13.6 Å². The molecule has 0 aliphatic carbocycles. The lowest BCUT2D eigenvalue weighted by Gasteiger charge is -2.21. The molecule has 1 aliphatic heterocycles. The fourth-order valence-corrected chi connectivity index (χ4v) is 2.37. The molecule has 1 fully saturated rings. The maximum absolute atomic E-state index is 5.33. The molecule has 3 nitrogen and oxygen atoms in total. The van der Waals surface area contributed by atoms with Gasteiger partial charge in [0.1, 0.15) is 0 Å². The Balaban J connectivity index is 2.18. The second-order valence-electron chi connectivity index (χ2n) is 3.04. The van der Waals surface area contributed by atoms with Crippen molar-refractivity contribution in [2.45, 2.75) is 25.1 Å². The predicted molar refractivity (Wildman–Crippen MR) is 44.8 cm³/mol. The summed E-state index contributed by atoms with van der Waals surface area (Å²) in [6, 6.07) is 1.03. The van der Waals surface area contributed by atoms with Crippen molar-refractivity contribution in [1.82, 2.24) is 0 Å². The number of hydrogen-bond acceptors (Lipinski definition) is 3. The molecule has 1 aliphatic rings. The summed E-state index contributed by atoms with van der Waals surface area (Å²) < 4.78 is 15.8. The van der Waals surface area contributed by atoms with E-state index >= 15 is 0 Å². The van der Waals surface area contributed by atoms with Crippen molar-refractivity contribution in [3.63, 3.8) is 0 Å². The zero-order valence-electron chi connectivity index (χ0n) is 7.42. The van der Waals surface area contributed by atoms with E-state index in [1.165, 1.54) is 0 Å². The third kappa shape index (κ3) is 2.90. The normalized spacial score (nSPS) is 23.7. The van der Waals surface area contributed by atoms with E-state index in [9.17, 15) is 0 Å². The predicted octanol–water partition coefficient (Wildman–Crippen LogP) is 1.14. The van der Waals surface area contributed by atoms with Gasteiger partial charge in [-0.25, -0.2) is 0 Å². The van der Waals surface area contributed by atoms with Crippen LogP contribution in [0.4, 0.5) is 0 Å². The van der Waals surface area contributed by atoms with Gasteiger partial charge in [0.2, 0.25) is 0 Å². The molecule has 0 radical (unpaired) electrons. The number of rotatable bonds is 5. The Kier molecular flexibility index (Phi) is 3.06. The van der Waals surface area contributed by atoms with Gasteiger partial charge in [-0.15, -0.1) is 0 Å². The van der Waals surface area contributed by atoms with Gasteiger partial charge in [-0.3, -0.25) is 0 Å². The van der Waals surface area contributed by atoms with Crippen LogP contribution >= 0.6 is 0 Å². The van der Waals surface area contributed by atoms with Gasteiger partial charge >= 0.3 is 8.56 Å². The van der Waals surface area contributed by atoms with Gasteiger partial charge in [-0.05, 0) is 19.0 Å². The minimum Gasteiger partial charge on any atom is -0.398 e. The molecule has 0 aromatic carbocycles. The maximum atomic E-state index is 5.33. The highest BCUT2D eigenvalue weighted by molar-refractivity contribution is 6.65. The number of hydrogen-bond donors (Lipinski definition) is 0. The van der Waals surface area contributed by atoms with Gasteiger partial charge in [-0.1, -0.05) is 0 Å². The van der Waals surface area contributed by atoms with Gasteiger partial charge in [-0.2, -0.15) is 0 Å². The van der Waals surface area contributed by atoms with Gasteiger partial charge in [0.25, 0.3) is 0 Å². The molecular weight excluding hydrogens is 160 g/mol.